The Bertz CT molecular complexity index is 3790. The number of nitrogens with one attached hydrogen (secondary N) is 1. The molecule has 1 aliphatic heterocycles. The molecule has 0 spiro atoms. The molecule has 0 fully saturated rings. The summed E-state index contributed by atoms with van der Waals surface area (Å²) in [6.45, 7) is 23.4. The molecule has 13 rings (SSSR count). The minimum Gasteiger partial charge on any atom is -0.456 e. The van der Waals surface area contributed by atoms with Gasteiger partial charge in [-0.1, -0.05) is 172 Å². The first-order chi connectivity index (χ1) is 32.4. The molecule has 1 radical (unpaired) electrons. The number of nitrogens with zero attached hydrogens (tertiary/aromatic N) is 1. The Labute approximate surface area is 401 Å². The summed E-state index contributed by atoms with van der Waals surface area (Å²) in [4.78, 5) is 0. The highest BCUT2D eigenvalue weighted by Crippen LogP contribution is 2.54. The highest BCUT2D eigenvalue weighted by Gasteiger charge is 2.40. The van der Waals surface area contributed by atoms with Crippen molar-refractivity contribution in [2.75, 3.05) is 5.32 Å². The van der Waals surface area contributed by atoms with E-state index >= 15 is 0 Å². The van der Waals surface area contributed by atoms with Gasteiger partial charge in [-0.3, -0.25) is 0 Å². The van der Waals surface area contributed by atoms with Crippen LogP contribution in [0.4, 0.5) is 11.4 Å². The van der Waals surface area contributed by atoms with E-state index in [9.17, 15) is 0 Å². The lowest BCUT2D eigenvalue weighted by atomic mass is 9.59. The summed E-state index contributed by atoms with van der Waals surface area (Å²) < 4.78 is 9.26. The molecule has 0 saturated carbocycles. The van der Waals surface area contributed by atoms with Gasteiger partial charge in [-0.2, -0.15) is 0 Å². The van der Waals surface area contributed by atoms with Gasteiger partial charge >= 0.3 is 0 Å². The van der Waals surface area contributed by atoms with Crippen LogP contribution >= 0.6 is 0 Å². The van der Waals surface area contributed by atoms with Crippen molar-refractivity contribution in [2.45, 2.75) is 90.9 Å². The van der Waals surface area contributed by atoms with Gasteiger partial charge in [0.05, 0.1) is 5.52 Å². The van der Waals surface area contributed by atoms with Gasteiger partial charge in [0.2, 0.25) is 0 Å². The maximum atomic E-state index is 6.70. The van der Waals surface area contributed by atoms with Gasteiger partial charge in [-0.15, -0.1) is 0 Å². The number of anilines is 2. The molecule has 3 aliphatic rings. The minimum atomic E-state index is -0.188. The smallest absolute Gasteiger partial charge is 0.198 e. The SMILES string of the molecule is CC(C)(C)c1ccc(Nc2cc3c(cc2-c2ccc4c5cc6c(cc5n5c4c2[B]c2cc4oc(-c7ccccc7)cc4cc2-5)-c2ccccc2C6(C)C)-c2ccc(C(C)(C)C)cc2C3(C)C)cc1. The fourth-order valence-corrected chi connectivity index (χ4v) is 12.0. The van der Waals surface area contributed by atoms with Gasteiger partial charge in [0.25, 0.3) is 0 Å². The fraction of sp³-hybridized carbons (Fsp3) is 0.219. The standard InChI is InChI=1S/C64H56BN2O/c1-61(2,3)38-20-23-40(24-21-38)66-54-34-52-45(42-25-22-39(62(4,5)6)30-50(42)64(52,9)10)31-47(54)43-26-27-44-48-32-51-46(41-18-14-15-19-49(41)63(51,7)8)33-55(48)67-56-28-37-29-57(36-16-12-11-13-17-36)68-58(37)35-53(56)65-59(43)60(44)67/h11-35,66H,1-10H3. The molecule has 0 saturated heterocycles. The molecule has 10 aromatic rings. The van der Waals surface area contributed by atoms with Gasteiger partial charge in [-0.25, -0.2) is 0 Å². The molecular formula is C64H56BN2O. The van der Waals surface area contributed by atoms with Crippen LogP contribution in [0.25, 0.3) is 83.2 Å². The van der Waals surface area contributed by atoms with Crippen molar-refractivity contribution in [3.8, 4) is 50.4 Å². The summed E-state index contributed by atoms with van der Waals surface area (Å²) in [6, 6.07) is 57.3. The third-order valence-corrected chi connectivity index (χ3v) is 15.9. The molecule has 0 bridgehead atoms. The third-order valence-electron chi connectivity index (χ3n) is 15.9. The van der Waals surface area contributed by atoms with Crippen molar-refractivity contribution >= 4 is 62.4 Å². The van der Waals surface area contributed by atoms with Crippen LogP contribution in [0.2, 0.25) is 0 Å². The number of furan rings is 1. The van der Waals surface area contributed by atoms with Crippen LogP contribution in [0.5, 0.6) is 0 Å². The molecular weight excluding hydrogens is 824 g/mol. The molecule has 3 nitrogen and oxygen atoms in total. The Kier molecular flexibility index (Phi) is 8.35. The van der Waals surface area contributed by atoms with Gasteiger partial charge < -0.3 is 14.3 Å². The van der Waals surface area contributed by atoms with E-state index in [1.807, 2.05) is 0 Å². The second-order valence-corrected chi connectivity index (χ2v) is 22.9. The van der Waals surface area contributed by atoms with E-state index in [4.69, 9.17) is 4.42 Å². The van der Waals surface area contributed by atoms with Gasteiger partial charge in [0.15, 0.2) is 7.28 Å². The number of rotatable bonds is 4. The van der Waals surface area contributed by atoms with Crippen molar-refractivity contribution in [2.24, 2.45) is 0 Å². The van der Waals surface area contributed by atoms with Gasteiger partial charge in [0, 0.05) is 60.7 Å². The summed E-state index contributed by atoms with van der Waals surface area (Å²) in [7, 11) is 2.44. The van der Waals surface area contributed by atoms with Crippen molar-refractivity contribution in [1.82, 2.24) is 4.57 Å². The number of benzene rings is 8. The topological polar surface area (TPSA) is 30.1 Å². The molecule has 4 heteroatoms. The van der Waals surface area contributed by atoms with E-state index in [2.05, 4.69) is 238 Å². The largest absolute Gasteiger partial charge is 0.456 e. The maximum absolute atomic E-state index is 6.70. The molecule has 1 N–H and O–H groups in total. The number of hydrogen-bond donors (Lipinski definition) is 1. The molecule has 8 aromatic carbocycles. The Hall–Kier alpha value is -7.04. The predicted molar refractivity (Wildman–Crippen MR) is 289 cm³/mol. The number of hydrogen-bond acceptors (Lipinski definition) is 2. The van der Waals surface area contributed by atoms with Crippen LogP contribution in [-0.2, 0) is 21.7 Å². The summed E-state index contributed by atoms with van der Waals surface area (Å²) in [5, 5.41) is 7.65. The van der Waals surface area contributed by atoms with Crippen molar-refractivity contribution < 1.29 is 4.42 Å². The molecule has 2 aromatic heterocycles. The van der Waals surface area contributed by atoms with Crippen molar-refractivity contribution in [3.05, 3.63) is 185 Å². The quantitative estimate of drug-likeness (QED) is 0.179. The Morgan fingerprint density at radius 1 is 0.515 bits per heavy atom. The van der Waals surface area contributed by atoms with Crippen LogP contribution in [0, 0.1) is 0 Å². The maximum Gasteiger partial charge on any atom is 0.198 e. The average Bonchev–Trinajstić information content (AvgIpc) is 4.01. The highest BCUT2D eigenvalue weighted by molar-refractivity contribution is 6.73. The van der Waals surface area contributed by atoms with Crippen LogP contribution in [0.3, 0.4) is 0 Å². The summed E-state index contributed by atoms with van der Waals surface area (Å²) >= 11 is 0. The zero-order valence-electron chi connectivity index (χ0n) is 40.9. The first-order valence-electron chi connectivity index (χ1n) is 24.4. The monoisotopic (exact) mass is 879 g/mol. The second kappa shape index (κ2) is 13.8. The lowest BCUT2D eigenvalue weighted by Gasteiger charge is -2.27. The predicted octanol–water partition coefficient (Wildman–Crippen LogP) is 15.8. The Morgan fingerprint density at radius 3 is 1.93 bits per heavy atom. The number of aromatic nitrogens is 1. The van der Waals surface area contributed by atoms with E-state index in [0.717, 1.165) is 39.1 Å². The zero-order chi connectivity index (χ0) is 46.8. The summed E-state index contributed by atoms with van der Waals surface area (Å²) in [5.41, 5.74) is 25.8. The van der Waals surface area contributed by atoms with E-state index in [0.29, 0.717) is 0 Å². The van der Waals surface area contributed by atoms with Crippen LogP contribution in [0.15, 0.2) is 156 Å². The van der Waals surface area contributed by atoms with Crippen LogP contribution in [-0.4, -0.2) is 11.8 Å². The van der Waals surface area contributed by atoms with E-state index in [1.165, 1.54) is 99.7 Å². The molecule has 0 unspecified atom stereocenters. The highest BCUT2D eigenvalue weighted by atomic mass is 16.3. The number of fused-ring (bicyclic) bond motifs is 12. The molecule has 331 valence electrons. The summed E-state index contributed by atoms with van der Waals surface area (Å²) in [5.74, 6) is 0.877. The first kappa shape index (κ1) is 41.2. The van der Waals surface area contributed by atoms with E-state index < -0.39 is 0 Å². The van der Waals surface area contributed by atoms with Crippen molar-refractivity contribution in [1.29, 1.82) is 0 Å². The van der Waals surface area contributed by atoms with Crippen molar-refractivity contribution in [3.63, 3.8) is 0 Å². The summed E-state index contributed by atoms with van der Waals surface area (Å²) in [6.07, 6.45) is 0. The normalized spacial score (nSPS) is 15.0. The van der Waals surface area contributed by atoms with Gasteiger partial charge in [0.1, 0.15) is 11.3 Å². The lowest BCUT2D eigenvalue weighted by Crippen LogP contribution is -2.37. The van der Waals surface area contributed by atoms with E-state index in [1.54, 1.807) is 0 Å². The Morgan fingerprint density at radius 2 is 1.16 bits per heavy atom. The molecule has 0 amide bonds. The minimum absolute atomic E-state index is 0.0449. The molecule has 68 heavy (non-hydrogen) atoms. The average molecular weight is 880 g/mol. The zero-order valence-corrected chi connectivity index (χ0v) is 40.9. The lowest BCUT2D eigenvalue weighted by molar-refractivity contribution is 0.584. The Balaban J connectivity index is 1.09. The second-order valence-electron chi connectivity index (χ2n) is 22.9. The molecule has 2 aliphatic carbocycles. The molecule has 3 heterocycles. The van der Waals surface area contributed by atoms with Crippen LogP contribution in [0.1, 0.15) is 103 Å². The third kappa shape index (κ3) is 5.85. The van der Waals surface area contributed by atoms with Crippen LogP contribution < -0.4 is 16.2 Å². The molecule has 0 atom stereocenters. The van der Waals surface area contributed by atoms with E-state index in [-0.39, 0.29) is 21.7 Å². The van der Waals surface area contributed by atoms with Gasteiger partial charge in [-0.05, 0) is 132 Å². The fourth-order valence-electron chi connectivity index (χ4n) is 12.0. The first-order valence-corrected chi connectivity index (χ1v) is 24.4.